The molecule has 1 aliphatic carbocycles. The van der Waals surface area contributed by atoms with Gasteiger partial charge in [-0.2, -0.15) is 5.10 Å². The van der Waals surface area contributed by atoms with Crippen LogP contribution < -0.4 is 10.6 Å². The molecule has 2 aliphatic rings. The Balaban J connectivity index is 1.42. The predicted octanol–water partition coefficient (Wildman–Crippen LogP) is 2.01. The minimum Gasteiger partial charge on any atom is -0.465 e. The molecule has 0 spiro atoms. The number of aromatic nitrogens is 2. The summed E-state index contributed by atoms with van der Waals surface area (Å²) in [6.45, 7) is 5.45. The number of hydrogen-bond acceptors (Lipinski definition) is 5. The lowest BCUT2D eigenvalue weighted by molar-refractivity contribution is 0.0122. The molecule has 8 nitrogen and oxygen atoms in total. The number of anilines is 1. The molecule has 1 atom stereocenters. The minimum atomic E-state index is -0.214. The number of carbonyl (C=O) groups is 1. The van der Waals surface area contributed by atoms with E-state index in [1.165, 1.54) is 5.56 Å². The first-order chi connectivity index (χ1) is 13.1. The van der Waals surface area contributed by atoms with E-state index in [1.807, 2.05) is 26.1 Å². The average Bonchev–Trinajstić information content (AvgIpc) is 3.35. The van der Waals surface area contributed by atoms with Crippen LogP contribution >= 0.6 is 0 Å². The van der Waals surface area contributed by atoms with Gasteiger partial charge in [0, 0.05) is 32.2 Å². The highest BCUT2D eigenvalue weighted by atomic mass is 16.5. The van der Waals surface area contributed by atoms with E-state index in [2.05, 4.69) is 20.6 Å². The van der Waals surface area contributed by atoms with Crippen LogP contribution in [0.15, 0.2) is 16.5 Å². The third-order valence-electron chi connectivity index (χ3n) is 5.33. The Labute approximate surface area is 158 Å². The Hall–Kier alpha value is -2.32. The Morgan fingerprint density at radius 3 is 2.85 bits per heavy atom. The lowest BCUT2D eigenvalue weighted by atomic mass is 10.1. The molecule has 8 heteroatoms. The van der Waals surface area contributed by atoms with Gasteiger partial charge in [-0.15, -0.1) is 0 Å². The van der Waals surface area contributed by atoms with Crippen molar-refractivity contribution in [1.82, 2.24) is 20.0 Å². The number of ether oxygens (including phenoxy) is 1. The van der Waals surface area contributed by atoms with E-state index in [4.69, 9.17) is 9.15 Å². The summed E-state index contributed by atoms with van der Waals surface area (Å²) in [7, 11) is 1.87. The Kier molecular flexibility index (Phi) is 5.18. The molecule has 0 bridgehead atoms. The van der Waals surface area contributed by atoms with E-state index in [-0.39, 0.29) is 12.1 Å². The topological polar surface area (TPSA) is 84.6 Å². The number of amides is 2. The normalized spacial score (nSPS) is 18.3. The molecular weight excluding hydrogens is 346 g/mol. The van der Waals surface area contributed by atoms with Gasteiger partial charge >= 0.3 is 6.03 Å². The maximum Gasteiger partial charge on any atom is 0.320 e. The minimum absolute atomic E-state index is 0.00870. The summed E-state index contributed by atoms with van der Waals surface area (Å²) in [6.07, 6.45) is 3.07. The standard InChI is InChI=1S/C19H27N5O3/c1-13-6-7-17(27-13)16(24-8-10-26-11-9-24)12-20-19(25)21-18-14-4-3-5-15(14)22-23(18)2/h6-7,16H,3-5,8-12H2,1-2H3,(H2,20,21,25)/t16-/m0/s1. The van der Waals surface area contributed by atoms with Crippen molar-refractivity contribution in [2.45, 2.75) is 32.2 Å². The highest BCUT2D eigenvalue weighted by Crippen LogP contribution is 2.28. The van der Waals surface area contributed by atoms with Gasteiger partial charge in [0.2, 0.25) is 0 Å². The SMILES string of the molecule is Cc1ccc([C@H](CNC(=O)Nc2c3c(nn2C)CCC3)N2CCOCC2)o1. The fraction of sp³-hybridized carbons (Fsp3) is 0.579. The van der Waals surface area contributed by atoms with Crippen LogP contribution in [0.1, 0.15) is 35.2 Å². The number of urea groups is 1. The first-order valence-corrected chi connectivity index (χ1v) is 9.59. The second kappa shape index (κ2) is 7.74. The van der Waals surface area contributed by atoms with Gasteiger partial charge in [-0.1, -0.05) is 0 Å². The van der Waals surface area contributed by atoms with Crippen LogP contribution in [0.2, 0.25) is 0 Å². The number of furan rings is 1. The molecule has 4 rings (SSSR count). The van der Waals surface area contributed by atoms with Crippen molar-refractivity contribution >= 4 is 11.8 Å². The van der Waals surface area contributed by atoms with Crippen molar-refractivity contribution in [3.63, 3.8) is 0 Å². The molecule has 2 aromatic rings. The largest absolute Gasteiger partial charge is 0.465 e. The fourth-order valence-electron chi connectivity index (χ4n) is 3.95. The number of hydrogen-bond donors (Lipinski definition) is 2. The molecule has 1 aliphatic heterocycles. The zero-order chi connectivity index (χ0) is 18.8. The highest BCUT2D eigenvalue weighted by Gasteiger charge is 2.26. The van der Waals surface area contributed by atoms with Crippen LogP contribution in [0.5, 0.6) is 0 Å². The summed E-state index contributed by atoms with van der Waals surface area (Å²) >= 11 is 0. The third kappa shape index (κ3) is 3.86. The number of morpholine rings is 1. The van der Waals surface area contributed by atoms with Gasteiger partial charge in [-0.05, 0) is 38.3 Å². The molecule has 0 aromatic carbocycles. The molecule has 0 radical (unpaired) electrons. The van der Waals surface area contributed by atoms with Crippen LogP contribution in [0.3, 0.4) is 0 Å². The summed E-state index contributed by atoms with van der Waals surface area (Å²) < 4.78 is 13.1. The molecule has 3 heterocycles. The summed E-state index contributed by atoms with van der Waals surface area (Å²) in [5, 5.41) is 10.5. The van der Waals surface area contributed by atoms with Gasteiger partial charge in [0.1, 0.15) is 17.3 Å². The molecule has 0 unspecified atom stereocenters. The van der Waals surface area contributed by atoms with Crippen molar-refractivity contribution in [3.8, 4) is 0 Å². The van der Waals surface area contributed by atoms with Gasteiger partial charge in [-0.3, -0.25) is 14.9 Å². The zero-order valence-corrected chi connectivity index (χ0v) is 16.0. The smallest absolute Gasteiger partial charge is 0.320 e. The van der Waals surface area contributed by atoms with Crippen LogP contribution in [0.4, 0.5) is 10.6 Å². The quantitative estimate of drug-likeness (QED) is 0.837. The van der Waals surface area contributed by atoms with E-state index < -0.39 is 0 Å². The maximum absolute atomic E-state index is 12.5. The molecule has 2 aromatic heterocycles. The molecule has 2 N–H and O–H groups in total. The maximum atomic E-state index is 12.5. The molecule has 1 saturated heterocycles. The lowest BCUT2D eigenvalue weighted by Gasteiger charge is -2.33. The number of carbonyl (C=O) groups excluding carboxylic acids is 1. The zero-order valence-electron chi connectivity index (χ0n) is 16.0. The summed E-state index contributed by atoms with van der Waals surface area (Å²) in [5.41, 5.74) is 2.27. The van der Waals surface area contributed by atoms with Gasteiger partial charge in [0.25, 0.3) is 0 Å². The van der Waals surface area contributed by atoms with Crippen molar-refractivity contribution in [2.75, 3.05) is 38.2 Å². The number of rotatable bonds is 5. The van der Waals surface area contributed by atoms with E-state index in [0.29, 0.717) is 19.8 Å². The van der Waals surface area contributed by atoms with Crippen molar-refractivity contribution in [1.29, 1.82) is 0 Å². The van der Waals surface area contributed by atoms with Crippen LogP contribution in [-0.4, -0.2) is 53.6 Å². The summed E-state index contributed by atoms with van der Waals surface area (Å²) in [5.74, 6) is 2.55. The van der Waals surface area contributed by atoms with Crippen LogP contribution in [0.25, 0.3) is 0 Å². The first kappa shape index (κ1) is 18.1. The lowest BCUT2D eigenvalue weighted by Crippen LogP contribution is -2.44. The van der Waals surface area contributed by atoms with Gasteiger partial charge < -0.3 is 14.5 Å². The molecule has 27 heavy (non-hydrogen) atoms. The number of nitrogens with one attached hydrogen (secondary N) is 2. The second-order valence-electron chi connectivity index (χ2n) is 7.20. The Bertz CT molecular complexity index is 806. The highest BCUT2D eigenvalue weighted by molar-refractivity contribution is 5.89. The van der Waals surface area contributed by atoms with E-state index in [9.17, 15) is 4.79 Å². The molecular formula is C19H27N5O3. The number of fused-ring (bicyclic) bond motifs is 1. The van der Waals surface area contributed by atoms with Crippen molar-refractivity contribution in [3.05, 3.63) is 34.9 Å². The van der Waals surface area contributed by atoms with Crippen molar-refractivity contribution < 1.29 is 13.9 Å². The monoisotopic (exact) mass is 373 g/mol. The Morgan fingerprint density at radius 1 is 1.30 bits per heavy atom. The third-order valence-corrected chi connectivity index (χ3v) is 5.33. The predicted molar refractivity (Wildman–Crippen MR) is 101 cm³/mol. The van der Waals surface area contributed by atoms with Gasteiger partial charge in [0.05, 0.1) is 24.9 Å². The van der Waals surface area contributed by atoms with Crippen LogP contribution in [-0.2, 0) is 24.6 Å². The summed E-state index contributed by atoms with van der Waals surface area (Å²) in [6, 6.07) is 3.73. The molecule has 2 amide bonds. The van der Waals surface area contributed by atoms with Crippen molar-refractivity contribution in [2.24, 2.45) is 7.05 Å². The molecule has 1 fully saturated rings. The fourth-order valence-corrected chi connectivity index (χ4v) is 3.95. The van der Waals surface area contributed by atoms with E-state index in [0.717, 1.165) is 55.4 Å². The number of aryl methyl sites for hydroxylation is 3. The van der Waals surface area contributed by atoms with Crippen LogP contribution in [0, 0.1) is 6.92 Å². The second-order valence-corrected chi connectivity index (χ2v) is 7.20. The molecule has 0 saturated carbocycles. The van der Waals surface area contributed by atoms with E-state index in [1.54, 1.807) is 4.68 Å². The van der Waals surface area contributed by atoms with E-state index >= 15 is 0 Å². The first-order valence-electron chi connectivity index (χ1n) is 9.59. The van der Waals surface area contributed by atoms with Gasteiger partial charge in [-0.25, -0.2) is 4.79 Å². The average molecular weight is 373 g/mol. The Morgan fingerprint density at radius 2 is 2.11 bits per heavy atom. The molecule has 146 valence electrons. The summed E-state index contributed by atoms with van der Waals surface area (Å²) in [4.78, 5) is 14.8. The number of nitrogens with zero attached hydrogens (tertiary/aromatic N) is 3. The van der Waals surface area contributed by atoms with Gasteiger partial charge in [0.15, 0.2) is 0 Å².